The summed E-state index contributed by atoms with van der Waals surface area (Å²) in [5.74, 6) is 0.00237. The van der Waals surface area contributed by atoms with E-state index in [1.54, 1.807) is 48.1 Å². The number of nitrogens with zero attached hydrogens (tertiary/aromatic N) is 4. The number of rotatable bonds is 6. The summed E-state index contributed by atoms with van der Waals surface area (Å²) in [4.78, 5) is 42.3. The highest BCUT2D eigenvalue weighted by atomic mass is 16.5. The van der Waals surface area contributed by atoms with Crippen molar-refractivity contribution in [1.29, 1.82) is 0 Å². The molecule has 3 heterocycles. The first-order valence-electron chi connectivity index (χ1n) is 12.1. The number of aryl methyl sites for hydroxylation is 1. The van der Waals surface area contributed by atoms with E-state index in [0.29, 0.717) is 48.6 Å². The first kappa shape index (κ1) is 23.6. The molecule has 0 aliphatic carbocycles. The van der Waals surface area contributed by atoms with Crippen LogP contribution in [0, 0.1) is 6.92 Å². The summed E-state index contributed by atoms with van der Waals surface area (Å²) in [6.07, 6.45) is 1.87. The van der Waals surface area contributed by atoms with Gasteiger partial charge < -0.3 is 19.3 Å². The first-order chi connectivity index (χ1) is 17.4. The van der Waals surface area contributed by atoms with Gasteiger partial charge in [0.2, 0.25) is 5.91 Å². The number of carbonyl (C=O) groups is 3. The fourth-order valence-corrected chi connectivity index (χ4v) is 4.89. The molecular weight excluding hydrogens is 460 g/mol. The number of ether oxygens (including phenoxy) is 2. The molecule has 0 saturated carbocycles. The molecule has 0 radical (unpaired) electrons. The van der Waals surface area contributed by atoms with Gasteiger partial charge in [0, 0.05) is 36.4 Å². The number of hydrogen-bond acceptors (Lipinski definition) is 6. The summed E-state index contributed by atoms with van der Waals surface area (Å²) in [6, 6.07) is 12.9. The lowest BCUT2D eigenvalue weighted by Gasteiger charge is -2.29. The highest BCUT2D eigenvalue weighted by Crippen LogP contribution is 2.33. The third-order valence-electron chi connectivity index (χ3n) is 6.66. The molecule has 2 aliphatic rings. The van der Waals surface area contributed by atoms with E-state index in [9.17, 15) is 14.4 Å². The summed E-state index contributed by atoms with van der Waals surface area (Å²) >= 11 is 0. The van der Waals surface area contributed by atoms with Gasteiger partial charge in [-0.15, -0.1) is 0 Å². The van der Waals surface area contributed by atoms with Crippen LogP contribution in [0.1, 0.15) is 51.9 Å². The highest BCUT2D eigenvalue weighted by molar-refractivity contribution is 6.09. The molecule has 9 nitrogen and oxygen atoms in total. The Morgan fingerprint density at radius 2 is 1.75 bits per heavy atom. The molecule has 1 fully saturated rings. The van der Waals surface area contributed by atoms with E-state index in [4.69, 9.17) is 9.47 Å². The second-order valence-electron chi connectivity index (χ2n) is 8.83. The molecular formula is C27H28N4O5. The minimum Gasteiger partial charge on any atom is -0.497 e. The largest absolute Gasteiger partial charge is 0.497 e. The van der Waals surface area contributed by atoms with Gasteiger partial charge in [0.1, 0.15) is 11.4 Å². The minimum absolute atomic E-state index is 0.121. The van der Waals surface area contributed by atoms with Crippen molar-refractivity contribution < 1.29 is 23.9 Å². The lowest BCUT2D eigenvalue weighted by atomic mass is 10.0. The number of methoxy groups -OCH3 is 1. The Bertz CT molecular complexity index is 1340. The molecule has 0 unspecified atom stereocenters. The van der Waals surface area contributed by atoms with Crippen LogP contribution in [0.5, 0.6) is 5.75 Å². The zero-order valence-corrected chi connectivity index (χ0v) is 20.6. The molecule has 36 heavy (non-hydrogen) atoms. The van der Waals surface area contributed by atoms with E-state index in [1.165, 1.54) is 4.68 Å². The van der Waals surface area contributed by atoms with Crippen LogP contribution in [0.4, 0.5) is 11.4 Å². The van der Waals surface area contributed by atoms with Crippen molar-refractivity contribution in [1.82, 2.24) is 9.78 Å². The second-order valence-corrected chi connectivity index (χ2v) is 8.83. The maximum Gasteiger partial charge on any atom is 0.359 e. The molecule has 9 heteroatoms. The zero-order valence-electron chi connectivity index (χ0n) is 20.6. The number of aromatic nitrogens is 2. The molecule has 0 atom stereocenters. The van der Waals surface area contributed by atoms with Crippen LogP contribution >= 0.6 is 0 Å². The van der Waals surface area contributed by atoms with Crippen molar-refractivity contribution in [3.63, 3.8) is 0 Å². The van der Waals surface area contributed by atoms with Crippen molar-refractivity contribution >= 4 is 29.2 Å². The lowest BCUT2D eigenvalue weighted by molar-refractivity contribution is -0.117. The quantitative estimate of drug-likeness (QED) is 0.491. The second kappa shape index (κ2) is 9.49. The third kappa shape index (κ3) is 4.00. The number of amides is 2. The van der Waals surface area contributed by atoms with Crippen molar-refractivity contribution in [3.8, 4) is 11.4 Å². The van der Waals surface area contributed by atoms with Crippen LogP contribution in [-0.4, -0.2) is 54.4 Å². The maximum atomic E-state index is 13.9. The molecule has 2 amide bonds. The molecule has 1 aromatic heterocycles. The van der Waals surface area contributed by atoms with Crippen molar-refractivity contribution in [2.24, 2.45) is 0 Å². The maximum absolute atomic E-state index is 13.9. The molecule has 2 aromatic carbocycles. The highest BCUT2D eigenvalue weighted by Gasteiger charge is 2.36. The van der Waals surface area contributed by atoms with Gasteiger partial charge in [0.25, 0.3) is 5.91 Å². The van der Waals surface area contributed by atoms with Gasteiger partial charge in [0.15, 0.2) is 5.69 Å². The van der Waals surface area contributed by atoms with Gasteiger partial charge in [-0.25, -0.2) is 9.48 Å². The molecule has 2 aliphatic heterocycles. The van der Waals surface area contributed by atoms with Crippen LogP contribution in [0.15, 0.2) is 42.5 Å². The van der Waals surface area contributed by atoms with Crippen LogP contribution in [-0.2, 0) is 16.0 Å². The minimum atomic E-state index is -0.543. The summed E-state index contributed by atoms with van der Waals surface area (Å²) in [7, 11) is 1.58. The number of benzene rings is 2. The van der Waals surface area contributed by atoms with Gasteiger partial charge in [-0.1, -0.05) is 0 Å². The Morgan fingerprint density at radius 3 is 2.39 bits per heavy atom. The summed E-state index contributed by atoms with van der Waals surface area (Å²) in [6.45, 7) is 5.00. The number of anilines is 2. The summed E-state index contributed by atoms with van der Waals surface area (Å²) in [5.41, 5.74) is 4.23. The SMILES string of the molecule is CCOC(=O)c1nn(-c2ccc(OC)cc2)c2c1CCN(c1ccc(N3CCCC3=O)cc1C)C2=O. The van der Waals surface area contributed by atoms with Crippen molar-refractivity contribution in [2.45, 2.75) is 33.1 Å². The molecule has 0 N–H and O–H groups in total. The average molecular weight is 489 g/mol. The molecule has 1 saturated heterocycles. The fraction of sp³-hybridized carbons (Fsp3) is 0.333. The summed E-state index contributed by atoms with van der Waals surface area (Å²) < 4.78 is 12.0. The van der Waals surface area contributed by atoms with Gasteiger partial charge in [-0.05, 0) is 74.7 Å². The molecule has 5 rings (SSSR count). The van der Waals surface area contributed by atoms with Crippen molar-refractivity contribution in [3.05, 3.63) is 65.0 Å². The lowest BCUT2D eigenvalue weighted by Crippen LogP contribution is -2.39. The van der Waals surface area contributed by atoms with Gasteiger partial charge >= 0.3 is 5.97 Å². The van der Waals surface area contributed by atoms with E-state index in [2.05, 4.69) is 5.10 Å². The molecule has 0 spiro atoms. The smallest absolute Gasteiger partial charge is 0.359 e. The normalized spacial score (nSPS) is 15.3. The standard InChI is InChI=1S/C27H28N4O5/c1-4-36-27(34)24-21-13-15-30(22-12-9-19(16-17(22)2)29-14-5-6-23(29)32)26(33)25(21)31(28-24)18-7-10-20(35-3)11-8-18/h7-12,16H,4-6,13-15H2,1-3H3. The Balaban J connectivity index is 1.55. The van der Waals surface area contributed by atoms with Crippen LogP contribution in [0.2, 0.25) is 0 Å². The van der Waals surface area contributed by atoms with E-state index >= 15 is 0 Å². The van der Waals surface area contributed by atoms with E-state index in [1.807, 2.05) is 25.1 Å². The number of carbonyl (C=O) groups excluding carboxylic acids is 3. The number of esters is 1. The zero-order chi connectivity index (χ0) is 25.4. The molecule has 3 aromatic rings. The summed E-state index contributed by atoms with van der Waals surface area (Å²) in [5, 5.41) is 4.52. The number of hydrogen-bond donors (Lipinski definition) is 0. The van der Waals surface area contributed by atoms with Crippen molar-refractivity contribution in [2.75, 3.05) is 36.6 Å². The fourth-order valence-electron chi connectivity index (χ4n) is 4.89. The first-order valence-corrected chi connectivity index (χ1v) is 12.1. The average Bonchev–Trinajstić information content (AvgIpc) is 3.49. The van der Waals surface area contributed by atoms with E-state index < -0.39 is 5.97 Å². The van der Waals surface area contributed by atoms with Gasteiger partial charge in [-0.3, -0.25) is 9.59 Å². The van der Waals surface area contributed by atoms with E-state index in [0.717, 1.165) is 23.4 Å². The molecule has 186 valence electrons. The van der Waals surface area contributed by atoms with Gasteiger partial charge in [-0.2, -0.15) is 5.10 Å². The van der Waals surface area contributed by atoms with Crippen LogP contribution in [0.25, 0.3) is 5.69 Å². The van der Waals surface area contributed by atoms with Gasteiger partial charge in [0.05, 0.1) is 19.4 Å². The van der Waals surface area contributed by atoms with Crippen LogP contribution in [0.3, 0.4) is 0 Å². The Hall–Kier alpha value is -4.14. The van der Waals surface area contributed by atoms with Crippen LogP contribution < -0.4 is 14.5 Å². The molecule has 0 bridgehead atoms. The third-order valence-corrected chi connectivity index (χ3v) is 6.66. The topological polar surface area (TPSA) is 94.0 Å². The predicted octanol–water partition coefficient (Wildman–Crippen LogP) is 3.70. The van der Waals surface area contributed by atoms with E-state index in [-0.39, 0.29) is 24.1 Å². The predicted molar refractivity (Wildman–Crippen MR) is 134 cm³/mol. The Morgan fingerprint density at radius 1 is 1.00 bits per heavy atom. The Labute approximate surface area is 209 Å². The Kier molecular flexibility index (Phi) is 6.22. The monoisotopic (exact) mass is 488 g/mol. The number of fused-ring (bicyclic) bond motifs is 1.